The van der Waals surface area contributed by atoms with Crippen molar-refractivity contribution >= 4 is 5.78 Å². The van der Waals surface area contributed by atoms with E-state index in [-0.39, 0.29) is 17.3 Å². The van der Waals surface area contributed by atoms with Crippen LogP contribution >= 0.6 is 0 Å². The third-order valence-electron chi connectivity index (χ3n) is 2.85. The molecule has 3 heteroatoms. The Kier molecular flexibility index (Phi) is 4.27. The van der Waals surface area contributed by atoms with Gasteiger partial charge in [0, 0.05) is 17.2 Å². The molecule has 0 saturated heterocycles. The van der Waals surface area contributed by atoms with E-state index in [2.05, 4.69) is 4.98 Å². The quantitative estimate of drug-likeness (QED) is 0.733. The molecular formula is C14H21NO2. The van der Waals surface area contributed by atoms with Gasteiger partial charge in [0.1, 0.15) is 5.75 Å². The standard InChI is InChI=1S/C14H21NO2/c1-6-14(4,5)13(16)11-7-12(9-15-8-11)17-10(2)3/h7-10H,6H2,1-5H3. The lowest BCUT2D eigenvalue weighted by molar-refractivity contribution is 0.0832. The van der Waals surface area contributed by atoms with Crippen LogP contribution in [0.5, 0.6) is 5.75 Å². The van der Waals surface area contributed by atoms with Gasteiger partial charge in [0.15, 0.2) is 5.78 Å². The summed E-state index contributed by atoms with van der Waals surface area (Å²) < 4.78 is 5.54. The highest BCUT2D eigenvalue weighted by atomic mass is 16.5. The van der Waals surface area contributed by atoms with E-state index in [0.717, 1.165) is 6.42 Å². The van der Waals surface area contributed by atoms with Crippen LogP contribution in [0.2, 0.25) is 0 Å². The lowest BCUT2D eigenvalue weighted by Crippen LogP contribution is -2.23. The highest BCUT2D eigenvalue weighted by molar-refractivity contribution is 6.00. The highest BCUT2D eigenvalue weighted by Gasteiger charge is 2.26. The number of pyridine rings is 1. The summed E-state index contributed by atoms with van der Waals surface area (Å²) >= 11 is 0. The maximum atomic E-state index is 12.2. The van der Waals surface area contributed by atoms with Crippen LogP contribution in [0.15, 0.2) is 18.5 Å². The third kappa shape index (κ3) is 3.55. The second kappa shape index (κ2) is 5.30. The van der Waals surface area contributed by atoms with Crippen molar-refractivity contribution in [2.24, 2.45) is 5.41 Å². The van der Waals surface area contributed by atoms with Gasteiger partial charge >= 0.3 is 0 Å². The van der Waals surface area contributed by atoms with Crippen LogP contribution < -0.4 is 4.74 Å². The largest absolute Gasteiger partial charge is 0.489 e. The number of hydrogen-bond donors (Lipinski definition) is 0. The van der Waals surface area contributed by atoms with Crippen LogP contribution in [0, 0.1) is 5.41 Å². The van der Waals surface area contributed by atoms with E-state index in [0.29, 0.717) is 11.3 Å². The van der Waals surface area contributed by atoms with E-state index >= 15 is 0 Å². The van der Waals surface area contributed by atoms with Gasteiger partial charge in [-0.05, 0) is 26.3 Å². The number of ether oxygens (including phenoxy) is 1. The Morgan fingerprint density at radius 3 is 2.59 bits per heavy atom. The molecule has 0 N–H and O–H groups in total. The normalized spacial score (nSPS) is 11.6. The van der Waals surface area contributed by atoms with E-state index < -0.39 is 0 Å². The van der Waals surface area contributed by atoms with Gasteiger partial charge in [0.05, 0.1) is 12.3 Å². The molecule has 0 bridgehead atoms. The number of ketones is 1. The zero-order valence-electron chi connectivity index (χ0n) is 11.3. The van der Waals surface area contributed by atoms with Gasteiger partial charge in [-0.15, -0.1) is 0 Å². The zero-order valence-corrected chi connectivity index (χ0v) is 11.3. The lowest BCUT2D eigenvalue weighted by Gasteiger charge is -2.21. The van der Waals surface area contributed by atoms with Gasteiger partial charge in [-0.3, -0.25) is 9.78 Å². The minimum Gasteiger partial charge on any atom is -0.489 e. The molecule has 0 aliphatic heterocycles. The minimum absolute atomic E-state index is 0.0846. The Morgan fingerprint density at radius 1 is 1.41 bits per heavy atom. The van der Waals surface area contributed by atoms with Crippen LogP contribution in [0.1, 0.15) is 51.4 Å². The minimum atomic E-state index is -0.349. The van der Waals surface area contributed by atoms with E-state index in [1.807, 2.05) is 34.6 Å². The number of carbonyl (C=O) groups is 1. The number of rotatable bonds is 5. The number of aromatic nitrogens is 1. The van der Waals surface area contributed by atoms with Crippen LogP contribution in [0.25, 0.3) is 0 Å². The fourth-order valence-electron chi connectivity index (χ4n) is 1.43. The van der Waals surface area contributed by atoms with E-state index in [1.165, 1.54) is 0 Å². The summed E-state index contributed by atoms with van der Waals surface area (Å²) in [6, 6.07) is 1.77. The molecule has 0 aliphatic carbocycles. The summed E-state index contributed by atoms with van der Waals surface area (Å²) in [6.45, 7) is 9.81. The molecular weight excluding hydrogens is 214 g/mol. The Balaban J connectivity index is 2.96. The molecule has 0 saturated carbocycles. The first-order valence-corrected chi connectivity index (χ1v) is 6.03. The molecule has 0 fully saturated rings. The van der Waals surface area contributed by atoms with E-state index in [4.69, 9.17) is 4.74 Å². The predicted octanol–water partition coefficient (Wildman–Crippen LogP) is 3.49. The predicted molar refractivity (Wildman–Crippen MR) is 68.4 cm³/mol. The van der Waals surface area contributed by atoms with Crippen molar-refractivity contribution in [2.45, 2.75) is 47.1 Å². The van der Waals surface area contributed by atoms with Crippen molar-refractivity contribution in [3.63, 3.8) is 0 Å². The van der Waals surface area contributed by atoms with Crippen LogP contribution in [-0.2, 0) is 0 Å². The number of carbonyl (C=O) groups excluding carboxylic acids is 1. The molecule has 94 valence electrons. The molecule has 0 amide bonds. The molecule has 0 radical (unpaired) electrons. The SMILES string of the molecule is CCC(C)(C)C(=O)c1cncc(OC(C)C)c1. The smallest absolute Gasteiger partial charge is 0.170 e. The maximum absolute atomic E-state index is 12.2. The molecule has 1 aromatic heterocycles. The third-order valence-corrected chi connectivity index (χ3v) is 2.85. The molecule has 17 heavy (non-hydrogen) atoms. The highest BCUT2D eigenvalue weighted by Crippen LogP contribution is 2.26. The van der Waals surface area contributed by atoms with Crippen molar-refractivity contribution in [3.8, 4) is 5.75 Å². The van der Waals surface area contributed by atoms with Crippen molar-refractivity contribution in [2.75, 3.05) is 0 Å². The molecule has 1 aromatic rings. The van der Waals surface area contributed by atoms with E-state index in [1.54, 1.807) is 18.5 Å². The van der Waals surface area contributed by atoms with Crippen molar-refractivity contribution in [3.05, 3.63) is 24.0 Å². The first-order valence-electron chi connectivity index (χ1n) is 6.03. The van der Waals surface area contributed by atoms with Crippen LogP contribution in [0.3, 0.4) is 0 Å². The Morgan fingerprint density at radius 2 is 2.06 bits per heavy atom. The first kappa shape index (κ1) is 13.7. The summed E-state index contributed by atoms with van der Waals surface area (Å²) in [5, 5.41) is 0. The molecule has 0 atom stereocenters. The molecule has 3 nitrogen and oxygen atoms in total. The van der Waals surface area contributed by atoms with Crippen molar-refractivity contribution in [1.82, 2.24) is 4.98 Å². The van der Waals surface area contributed by atoms with E-state index in [9.17, 15) is 4.79 Å². The fourth-order valence-corrected chi connectivity index (χ4v) is 1.43. The summed E-state index contributed by atoms with van der Waals surface area (Å²) in [4.78, 5) is 16.3. The molecule has 1 rings (SSSR count). The summed E-state index contributed by atoms with van der Waals surface area (Å²) in [6.07, 6.45) is 4.13. The Labute approximate surface area is 103 Å². The van der Waals surface area contributed by atoms with Gasteiger partial charge in [-0.2, -0.15) is 0 Å². The second-order valence-corrected chi connectivity index (χ2v) is 5.14. The number of Topliss-reactive ketones (excluding diaryl/α,β-unsaturated/α-hetero) is 1. The molecule has 0 unspecified atom stereocenters. The van der Waals surface area contributed by atoms with Crippen molar-refractivity contribution < 1.29 is 9.53 Å². The average molecular weight is 235 g/mol. The molecule has 0 aromatic carbocycles. The Bertz CT molecular complexity index is 397. The van der Waals surface area contributed by atoms with Gasteiger partial charge in [-0.25, -0.2) is 0 Å². The topological polar surface area (TPSA) is 39.2 Å². The number of nitrogens with zero attached hydrogens (tertiary/aromatic N) is 1. The van der Waals surface area contributed by atoms with Gasteiger partial charge < -0.3 is 4.74 Å². The second-order valence-electron chi connectivity index (χ2n) is 5.14. The van der Waals surface area contributed by atoms with Gasteiger partial charge in [-0.1, -0.05) is 20.8 Å². The van der Waals surface area contributed by atoms with Crippen LogP contribution in [0.4, 0.5) is 0 Å². The monoisotopic (exact) mass is 235 g/mol. The summed E-state index contributed by atoms with van der Waals surface area (Å²) in [5.74, 6) is 0.763. The van der Waals surface area contributed by atoms with Gasteiger partial charge in [0.25, 0.3) is 0 Å². The fraction of sp³-hybridized carbons (Fsp3) is 0.571. The first-order chi connectivity index (χ1) is 7.86. The average Bonchev–Trinajstić information content (AvgIpc) is 2.27. The lowest BCUT2D eigenvalue weighted by atomic mass is 9.82. The summed E-state index contributed by atoms with van der Waals surface area (Å²) in [7, 11) is 0. The van der Waals surface area contributed by atoms with Crippen LogP contribution in [-0.4, -0.2) is 16.9 Å². The molecule has 0 aliphatic rings. The summed E-state index contributed by atoms with van der Waals surface area (Å²) in [5.41, 5.74) is 0.271. The molecule has 0 spiro atoms. The maximum Gasteiger partial charge on any atom is 0.170 e. The van der Waals surface area contributed by atoms with Gasteiger partial charge in [0.2, 0.25) is 0 Å². The number of hydrogen-bond acceptors (Lipinski definition) is 3. The Hall–Kier alpha value is -1.38. The van der Waals surface area contributed by atoms with Crippen molar-refractivity contribution in [1.29, 1.82) is 0 Å². The zero-order chi connectivity index (χ0) is 13.1. The molecule has 1 heterocycles.